The lowest BCUT2D eigenvalue weighted by atomic mass is 9.52. The van der Waals surface area contributed by atoms with Crippen LogP contribution in [-0.2, 0) is 0 Å². The zero-order valence-corrected chi connectivity index (χ0v) is 12.5. The molecule has 2 heterocycles. The lowest BCUT2D eigenvalue weighted by Crippen LogP contribution is -2.58. The summed E-state index contributed by atoms with van der Waals surface area (Å²) < 4.78 is 0. The van der Waals surface area contributed by atoms with Crippen molar-refractivity contribution < 1.29 is 0 Å². The maximum atomic E-state index is 4.13. The quantitative estimate of drug-likeness (QED) is 0.825. The maximum absolute atomic E-state index is 4.13. The van der Waals surface area contributed by atoms with Crippen LogP contribution < -0.4 is 4.90 Å². The van der Waals surface area contributed by atoms with Crippen LogP contribution in [0.5, 0.6) is 0 Å². The molecule has 0 radical (unpaired) electrons. The maximum Gasteiger partial charge on any atom is 0.0947 e. The molecular weight excluding hydrogens is 258 g/mol. The molecule has 6 rings (SSSR count). The molecule has 0 amide bonds. The van der Waals surface area contributed by atoms with Gasteiger partial charge in [-0.3, -0.25) is 4.98 Å². The molecule has 0 unspecified atom stereocenters. The van der Waals surface area contributed by atoms with Gasteiger partial charge < -0.3 is 9.80 Å². The zero-order chi connectivity index (χ0) is 13.9. The van der Waals surface area contributed by atoms with Crippen LogP contribution in [0.1, 0.15) is 38.5 Å². The van der Waals surface area contributed by atoms with Gasteiger partial charge in [-0.2, -0.15) is 0 Å². The molecule has 3 heteroatoms. The van der Waals surface area contributed by atoms with Gasteiger partial charge in [0.1, 0.15) is 0 Å². The number of rotatable bonds is 2. The molecule has 21 heavy (non-hydrogen) atoms. The molecule has 110 valence electrons. The molecule has 1 aromatic rings. The average Bonchev–Trinajstić information content (AvgIpc) is 2.97. The van der Waals surface area contributed by atoms with Gasteiger partial charge >= 0.3 is 0 Å². The summed E-state index contributed by atoms with van der Waals surface area (Å²) in [5, 5.41) is 0. The molecule has 0 aromatic carbocycles. The van der Waals surface area contributed by atoms with E-state index >= 15 is 0 Å². The van der Waals surface area contributed by atoms with Gasteiger partial charge in [-0.1, -0.05) is 0 Å². The minimum absolute atomic E-state index is 0.479. The third-order valence-electron chi connectivity index (χ3n) is 6.34. The van der Waals surface area contributed by atoms with Crippen LogP contribution in [-0.4, -0.2) is 22.1 Å². The van der Waals surface area contributed by atoms with Crippen LogP contribution in [0, 0.1) is 17.8 Å². The number of aromatic nitrogens is 1. The molecule has 5 aliphatic rings. The van der Waals surface area contributed by atoms with Crippen molar-refractivity contribution in [3.05, 3.63) is 36.9 Å². The van der Waals surface area contributed by atoms with Gasteiger partial charge in [0.15, 0.2) is 0 Å². The van der Waals surface area contributed by atoms with Crippen molar-refractivity contribution in [1.29, 1.82) is 0 Å². The monoisotopic (exact) mass is 281 g/mol. The van der Waals surface area contributed by atoms with E-state index < -0.39 is 0 Å². The van der Waals surface area contributed by atoms with Crippen LogP contribution >= 0.6 is 0 Å². The average molecular weight is 281 g/mol. The molecular formula is C18H23N3. The molecule has 4 saturated carbocycles. The first-order valence-corrected chi connectivity index (χ1v) is 8.42. The molecule has 0 spiro atoms. The topological polar surface area (TPSA) is 19.4 Å². The second kappa shape index (κ2) is 4.25. The zero-order valence-electron chi connectivity index (χ0n) is 12.5. The lowest BCUT2D eigenvalue weighted by molar-refractivity contribution is -0.0673. The van der Waals surface area contributed by atoms with Gasteiger partial charge in [0, 0.05) is 36.0 Å². The Morgan fingerprint density at radius 3 is 2.14 bits per heavy atom. The number of pyridine rings is 1. The van der Waals surface area contributed by atoms with Crippen LogP contribution in [0.4, 0.5) is 5.69 Å². The normalized spacial score (nSPS) is 40.3. The fourth-order valence-corrected chi connectivity index (χ4v) is 5.85. The second-order valence-corrected chi connectivity index (χ2v) is 7.73. The Morgan fingerprint density at radius 1 is 0.905 bits per heavy atom. The summed E-state index contributed by atoms with van der Waals surface area (Å²) in [5.41, 5.74) is 1.74. The fourth-order valence-electron chi connectivity index (χ4n) is 5.85. The predicted molar refractivity (Wildman–Crippen MR) is 83.5 cm³/mol. The van der Waals surface area contributed by atoms with Gasteiger partial charge in [-0.05, 0) is 68.4 Å². The minimum atomic E-state index is 0.479. The van der Waals surface area contributed by atoms with E-state index in [1.807, 2.05) is 12.4 Å². The van der Waals surface area contributed by atoms with E-state index in [9.17, 15) is 0 Å². The molecule has 0 saturated heterocycles. The Bertz CT molecular complexity index is 530. The van der Waals surface area contributed by atoms with E-state index in [0.717, 1.165) is 24.4 Å². The molecule has 0 atom stereocenters. The van der Waals surface area contributed by atoms with E-state index in [4.69, 9.17) is 0 Å². The smallest absolute Gasteiger partial charge is 0.0947 e. The summed E-state index contributed by atoms with van der Waals surface area (Å²) in [4.78, 5) is 9.15. The van der Waals surface area contributed by atoms with E-state index in [2.05, 4.69) is 39.3 Å². The van der Waals surface area contributed by atoms with Gasteiger partial charge in [-0.25, -0.2) is 0 Å². The number of hydrogen-bond donors (Lipinski definition) is 0. The Balaban J connectivity index is 1.39. The van der Waals surface area contributed by atoms with Crippen LogP contribution in [0.15, 0.2) is 36.9 Å². The SMILES string of the molecule is C1=CN(C23CC4CC(CC(C4)C2)C3)CN1c1ccncc1. The number of anilines is 1. The Labute approximate surface area is 126 Å². The summed E-state index contributed by atoms with van der Waals surface area (Å²) in [5.74, 6) is 3.04. The summed E-state index contributed by atoms with van der Waals surface area (Å²) in [6.45, 7) is 1.02. The molecule has 3 nitrogen and oxygen atoms in total. The fraction of sp³-hybridized carbons (Fsp3) is 0.611. The minimum Gasteiger partial charge on any atom is -0.353 e. The van der Waals surface area contributed by atoms with Crippen molar-refractivity contribution >= 4 is 5.69 Å². The van der Waals surface area contributed by atoms with E-state index in [-0.39, 0.29) is 0 Å². The largest absolute Gasteiger partial charge is 0.353 e. The molecule has 4 aliphatic carbocycles. The van der Waals surface area contributed by atoms with Gasteiger partial charge in [0.05, 0.1) is 6.67 Å². The van der Waals surface area contributed by atoms with E-state index in [0.29, 0.717) is 5.54 Å². The first kappa shape index (κ1) is 12.1. The lowest BCUT2D eigenvalue weighted by Gasteiger charge is -2.60. The number of nitrogens with zero attached hydrogens (tertiary/aromatic N) is 3. The highest BCUT2D eigenvalue weighted by Gasteiger charge is 2.53. The molecule has 4 bridgehead atoms. The van der Waals surface area contributed by atoms with Crippen LogP contribution in [0.25, 0.3) is 0 Å². The number of hydrogen-bond acceptors (Lipinski definition) is 3. The van der Waals surface area contributed by atoms with Gasteiger partial charge in [-0.15, -0.1) is 0 Å². The summed E-state index contributed by atoms with van der Waals surface area (Å²) in [6.07, 6.45) is 17.3. The van der Waals surface area contributed by atoms with E-state index in [1.165, 1.54) is 44.2 Å². The van der Waals surface area contributed by atoms with Crippen LogP contribution in [0.3, 0.4) is 0 Å². The molecule has 1 aliphatic heterocycles. The summed E-state index contributed by atoms with van der Waals surface area (Å²) >= 11 is 0. The molecule has 4 fully saturated rings. The Hall–Kier alpha value is -1.51. The standard InChI is InChI=1S/C18H23N3/c1-3-19-4-2-17(1)20-5-6-21(13-20)18-10-14-7-15(11-18)9-16(8-14)12-18/h1-6,14-16H,7-13H2. The highest BCUT2D eigenvalue weighted by atomic mass is 15.4. The first-order valence-electron chi connectivity index (χ1n) is 8.42. The van der Waals surface area contributed by atoms with Crippen molar-refractivity contribution in [2.24, 2.45) is 17.8 Å². The molecule has 0 N–H and O–H groups in total. The Morgan fingerprint density at radius 2 is 1.52 bits per heavy atom. The van der Waals surface area contributed by atoms with Crippen molar-refractivity contribution in [1.82, 2.24) is 9.88 Å². The highest BCUT2D eigenvalue weighted by molar-refractivity contribution is 5.49. The highest BCUT2D eigenvalue weighted by Crippen LogP contribution is 2.58. The van der Waals surface area contributed by atoms with Crippen molar-refractivity contribution in [3.63, 3.8) is 0 Å². The molecule has 1 aromatic heterocycles. The Kier molecular flexibility index (Phi) is 2.44. The van der Waals surface area contributed by atoms with Crippen molar-refractivity contribution in [2.75, 3.05) is 11.6 Å². The third-order valence-corrected chi connectivity index (χ3v) is 6.34. The third kappa shape index (κ3) is 1.82. The summed E-state index contributed by atoms with van der Waals surface area (Å²) in [7, 11) is 0. The van der Waals surface area contributed by atoms with Gasteiger partial charge in [0.2, 0.25) is 0 Å². The second-order valence-electron chi connectivity index (χ2n) is 7.73. The van der Waals surface area contributed by atoms with Crippen molar-refractivity contribution in [2.45, 2.75) is 44.1 Å². The predicted octanol–water partition coefficient (Wildman–Crippen LogP) is 3.60. The van der Waals surface area contributed by atoms with Crippen LogP contribution in [0.2, 0.25) is 0 Å². The van der Waals surface area contributed by atoms with Crippen molar-refractivity contribution in [3.8, 4) is 0 Å². The summed E-state index contributed by atoms with van der Waals surface area (Å²) in [6, 6.07) is 4.21. The van der Waals surface area contributed by atoms with Gasteiger partial charge in [0.25, 0.3) is 0 Å². The van der Waals surface area contributed by atoms with E-state index in [1.54, 1.807) is 0 Å². The first-order chi connectivity index (χ1) is 10.3.